The highest BCUT2D eigenvalue weighted by molar-refractivity contribution is 9.10. The van der Waals surface area contributed by atoms with E-state index in [9.17, 15) is 0 Å². The van der Waals surface area contributed by atoms with Gasteiger partial charge in [0, 0.05) is 11.0 Å². The van der Waals surface area contributed by atoms with Crippen LogP contribution in [0.2, 0.25) is 0 Å². The highest BCUT2D eigenvalue weighted by Crippen LogP contribution is 2.17. The quantitative estimate of drug-likeness (QED) is 0.819. The summed E-state index contributed by atoms with van der Waals surface area (Å²) >= 11 is 3.42. The standard InChI is InChI=1S/C14H20BrNO2/c15-13-4-1-5-14(9-13)18-8-7-17-11-12-3-2-6-16-10-12/h1,4-5,9,12,16H,2-3,6-8,10-11H2. The van der Waals surface area contributed by atoms with E-state index in [1.54, 1.807) is 0 Å². The third-order valence-corrected chi connectivity index (χ3v) is 3.54. The van der Waals surface area contributed by atoms with Crippen LogP contribution < -0.4 is 10.1 Å². The molecule has 1 aromatic carbocycles. The molecule has 1 unspecified atom stereocenters. The SMILES string of the molecule is Brc1cccc(OCCOCC2CCCNC2)c1. The van der Waals surface area contributed by atoms with E-state index >= 15 is 0 Å². The first-order chi connectivity index (χ1) is 8.84. The molecular weight excluding hydrogens is 294 g/mol. The average Bonchev–Trinajstić information content (AvgIpc) is 2.40. The van der Waals surface area contributed by atoms with Gasteiger partial charge < -0.3 is 14.8 Å². The van der Waals surface area contributed by atoms with Crippen molar-refractivity contribution in [1.82, 2.24) is 5.32 Å². The molecule has 0 saturated carbocycles. The Morgan fingerprint density at radius 2 is 2.28 bits per heavy atom. The minimum Gasteiger partial charge on any atom is -0.491 e. The Kier molecular flexibility index (Phi) is 5.97. The lowest BCUT2D eigenvalue weighted by Crippen LogP contribution is -2.32. The maximum absolute atomic E-state index is 5.65. The van der Waals surface area contributed by atoms with Crippen LogP contribution in [0, 0.1) is 5.92 Å². The molecule has 0 bridgehead atoms. The Balaban J connectivity index is 1.55. The molecule has 1 heterocycles. The summed E-state index contributed by atoms with van der Waals surface area (Å²) in [5.74, 6) is 1.55. The summed E-state index contributed by atoms with van der Waals surface area (Å²) in [4.78, 5) is 0. The molecule has 4 heteroatoms. The summed E-state index contributed by atoms with van der Waals surface area (Å²) in [7, 11) is 0. The molecule has 1 aliphatic heterocycles. The zero-order valence-corrected chi connectivity index (χ0v) is 12.1. The zero-order chi connectivity index (χ0) is 12.6. The van der Waals surface area contributed by atoms with Gasteiger partial charge in [0.25, 0.3) is 0 Å². The molecule has 3 nitrogen and oxygen atoms in total. The monoisotopic (exact) mass is 313 g/mol. The van der Waals surface area contributed by atoms with Crippen LogP contribution >= 0.6 is 15.9 Å². The summed E-state index contributed by atoms with van der Waals surface area (Å²) in [5.41, 5.74) is 0. The van der Waals surface area contributed by atoms with E-state index in [1.165, 1.54) is 12.8 Å². The third kappa shape index (κ3) is 4.96. The van der Waals surface area contributed by atoms with E-state index in [0.29, 0.717) is 19.1 Å². The first-order valence-corrected chi connectivity index (χ1v) is 7.31. The predicted molar refractivity (Wildman–Crippen MR) is 76.0 cm³/mol. The van der Waals surface area contributed by atoms with Gasteiger partial charge in [-0.1, -0.05) is 22.0 Å². The fourth-order valence-electron chi connectivity index (χ4n) is 2.09. The topological polar surface area (TPSA) is 30.5 Å². The van der Waals surface area contributed by atoms with Gasteiger partial charge in [0.15, 0.2) is 0 Å². The predicted octanol–water partition coefficient (Wildman–Crippen LogP) is 2.84. The zero-order valence-electron chi connectivity index (χ0n) is 10.5. The molecule has 1 fully saturated rings. The van der Waals surface area contributed by atoms with E-state index in [0.717, 1.165) is 29.9 Å². The number of hydrogen-bond acceptors (Lipinski definition) is 3. The fourth-order valence-corrected chi connectivity index (χ4v) is 2.47. The summed E-state index contributed by atoms with van der Waals surface area (Å²) in [6, 6.07) is 7.87. The molecule has 100 valence electrons. The van der Waals surface area contributed by atoms with E-state index in [-0.39, 0.29) is 0 Å². The van der Waals surface area contributed by atoms with Crippen molar-refractivity contribution in [3.05, 3.63) is 28.7 Å². The van der Waals surface area contributed by atoms with Gasteiger partial charge in [-0.3, -0.25) is 0 Å². The Morgan fingerprint density at radius 1 is 1.33 bits per heavy atom. The van der Waals surface area contributed by atoms with Crippen LogP contribution in [0.3, 0.4) is 0 Å². The van der Waals surface area contributed by atoms with Gasteiger partial charge in [-0.15, -0.1) is 0 Å². The van der Waals surface area contributed by atoms with Gasteiger partial charge in [0.2, 0.25) is 0 Å². The van der Waals surface area contributed by atoms with E-state index in [1.807, 2.05) is 24.3 Å². The third-order valence-electron chi connectivity index (χ3n) is 3.04. The van der Waals surface area contributed by atoms with Crippen LogP contribution in [0.4, 0.5) is 0 Å². The minimum absolute atomic E-state index is 0.608. The van der Waals surface area contributed by atoms with E-state index in [2.05, 4.69) is 21.2 Å². The number of rotatable bonds is 6. The van der Waals surface area contributed by atoms with Crippen LogP contribution in [0.1, 0.15) is 12.8 Å². The summed E-state index contributed by atoms with van der Waals surface area (Å²) in [6.07, 6.45) is 2.54. The Hall–Kier alpha value is -0.580. The molecular formula is C14H20BrNO2. The smallest absolute Gasteiger partial charge is 0.120 e. The second kappa shape index (κ2) is 7.77. The molecule has 1 aromatic rings. The molecule has 1 atom stereocenters. The van der Waals surface area contributed by atoms with Crippen molar-refractivity contribution in [1.29, 1.82) is 0 Å². The molecule has 0 radical (unpaired) electrons. The molecule has 1 aliphatic rings. The largest absolute Gasteiger partial charge is 0.491 e. The lowest BCUT2D eigenvalue weighted by atomic mass is 10.0. The molecule has 1 N–H and O–H groups in total. The highest BCUT2D eigenvalue weighted by atomic mass is 79.9. The maximum atomic E-state index is 5.65. The Bertz CT molecular complexity index is 353. The van der Waals surface area contributed by atoms with Crippen molar-refractivity contribution in [2.75, 3.05) is 32.9 Å². The van der Waals surface area contributed by atoms with E-state index < -0.39 is 0 Å². The van der Waals surface area contributed by atoms with Crippen molar-refractivity contribution < 1.29 is 9.47 Å². The van der Waals surface area contributed by atoms with Crippen LogP contribution in [-0.4, -0.2) is 32.9 Å². The van der Waals surface area contributed by atoms with Crippen molar-refractivity contribution in [2.45, 2.75) is 12.8 Å². The first-order valence-electron chi connectivity index (χ1n) is 6.51. The lowest BCUT2D eigenvalue weighted by molar-refractivity contribution is 0.0671. The van der Waals surface area contributed by atoms with Gasteiger partial charge in [-0.2, -0.15) is 0 Å². The molecule has 0 spiro atoms. The molecule has 0 aliphatic carbocycles. The number of piperidine rings is 1. The van der Waals surface area contributed by atoms with Crippen molar-refractivity contribution in [3.63, 3.8) is 0 Å². The second-order valence-electron chi connectivity index (χ2n) is 4.59. The van der Waals surface area contributed by atoms with Crippen LogP contribution in [-0.2, 0) is 4.74 Å². The summed E-state index contributed by atoms with van der Waals surface area (Å²) in [6.45, 7) is 4.35. The van der Waals surface area contributed by atoms with Crippen LogP contribution in [0.25, 0.3) is 0 Å². The molecule has 2 rings (SSSR count). The van der Waals surface area contributed by atoms with Crippen molar-refractivity contribution in [2.24, 2.45) is 5.92 Å². The van der Waals surface area contributed by atoms with Gasteiger partial charge in [0.05, 0.1) is 13.2 Å². The first kappa shape index (κ1) is 13.8. The summed E-state index contributed by atoms with van der Waals surface area (Å²) in [5, 5.41) is 3.39. The Labute approximate surface area is 117 Å². The average molecular weight is 314 g/mol. The minimum atomic E-state index is 0.608. The lowest BCUT2D eigenvalue weighted by Gasteiger charge is -2.22. The van der Waals surface area contributed by atoms with Gasteiger partial charge in [-0.25, -0.2) is 0 Å². The van der Waals surface area contributed by atoms with Gasteiger partial charge in [-0.05, 0) is 43.5 Å². The van der Waals surface area contributed by atoms with Crippen LogP contribution in [0.5, 0.6) is 5.75 Å². The maximum Gasteiger partial charge on any atom is 0.120 e. The Morgan fingerprint density at radius 3 is 3.06 bits per heavy atom. The molecule has 0 amide bonds. The molecule has 18 heavy (non-hydrogen) atoms. The molecule has 1 saturated heterocycles. The van der Waals surface area contributed by atoms with Crippen molar-refractivity contribution in [3.8, 4) is 5.75 Å². The number of ether oxygens (including phenoxy) is 2. The highest BCUT2D eigenvalue weighted by Gasteiger charge is 2.12. The fraction of sp³-hybridized carbons (Fsp3) is 0.571. The van der Waals surface area contributed by atoms with Gasteiger partial charge >= 0.3 is 0 Å². The number of benzene rings is 1. The number of halogens is 1. The summed E-state index contributed by atoms with van der Waals surface area (Å²) < 4.78 is 12.3. The molecule has 0 aromatic heterocycles. The second-order valence-corrected chi connectivity index (χ2v) is 5.51. The number of hydrogen-bond donors (Lipinski definition) is 1. The normalized spacial score (nSPS) is 19.7. The van der Waals surface area contributed by atoms with Crippen molar-refractivity contribution >= 4 is 15.9 Å². The van der Waals surface area contributed by atoms with Gasteiger partial charge in [0.1, 0.15) is 12.4 Å². The number of nitrogens with one attached hydrogen (secondary N) is 1. The van der Waals surface area contributed by atoms with Crippen LogP contribution in [0.15, 0.2) is 28.7 Å². The van der Waals surface area contributed by atoms with E-state index in [4.69, 9.17) is 9.47 Å².